The van der Waals surface area contributed by atoms with E-state index >= 15 is 0 Å². The van der Waals surface area contributed by atoms with E-state index < -0.39 is 11.9 Å². The van der Waals surface area contributed by atoms with Crippen molar-refractivity contribution in [3.8, 4) is 0 Å². The largest absolute Gasteiger partial charge is 0.481 e. The summed E-state index contributed by atoms with van der Waals surface area (Å²) in [6.07, 6.45) is 1.27. The third-order valence-electron chi connectivity index (χ3n) is 4.52. The van der Waals surface area contributed by atoms with Gasteiger partial charge in [-0.15, -0.1) is 0 Å². The van der Waals surface area contributed by atoms with Gasteiger partial charge in [-0.1, -0.05) is 19.1 Å². The summed E-state index contributed by atoms with van der Waals surface area (Å²) < 4.78 is 0. The number of benzene rings is 1. The third-order valence-corrected chi connectivity index (χ3v) is 5.46. The van der Waals surface area contributed by atoms with Crippen molar-refractivity contribution in [2.75, 3.05) is 32.4 Å². The van der Waals surface area contributed by atoms with Crippen molar-refractivity contribution in [1.29, 1.82) is 0 Å². The highest BCUT2D eigenvalue weighted by atomic mass is 32.2. The van der Waals surface area contributed by atoms with Gasteiger partial charge in [0.2, 0.25) is 5.91 Å². The van der Waals surface area contributed by atoms with Crippen LogP contribution in [0.4, 0.5) is 0 Å². The van der Waals surface area contributed by atoms with E-state index in [0.717, 1.165) is 11.5 Å². The quantitative estimate of drug-likeness (QED) is 0.788. The van der Waals surface area contributed by atoms with Gasteiger partial charge in [0, 0.05) is 31.5 Å². The summed E-state index contributed by atoms with van der Waals surface area (Å²) >= 11 is 1.82. The predicted octanol–water partition coefficient (Wildman–Crippen LogP) is 2.33. The van der Waals surface area contributed by atoms with Crippen LogP contribution in [0.15, 0.2) is 24.3 Å². The Kier molecular flexibility index (Phi) is 7.50. The van der Waals surface area contributed by atoms with Gasteiger partial charge in [-0.05, 0) is 36.3 Å². The predicted molar refractivity (Wildman–Crippen MR) is 102 cm³/mol. The molecule has 1 heterocycles. The fourth-order valence-electron chi connectivity index (χ4n) is 2.96. The molecule has 1 N–H and O–H groups in total. The summed E-state index contributed by atoms with van der Waals surface area (Å²) in [4.78, 5) is 39.0. The number of hydrogen-bond acceptors (Lipinski definition) is 4. The van der Waals surface area contributed by atoms with E-state index in [1.54, 1.807) is 24.1 Å². The average molecular weight is 378 g/mol. The molecule has 26 heavy (non-hydrogen) atoms. The van der Waals surface area contributed by atoms with Crippen LogP contribution < -0.4 is 0 Å². The fraction of sp³-hybridized carbons (Fsp3) is 0.526. The van der Waals surface area contributed by atoms with E-state index in [4.69, 9.17) is 5.11 Å². The molecular formula is C19H26N2O4S. The molecule has 0 spiro atoms. The Bertz CT molecular complexity index is 647. The lowest BCUT2D eigenvalue weighted by molar-refractivity contribution is -0.145. The normalized spacial score (nSPS) is 17.0. The van der Waals surface area contributed by atoms with E-state index in [-0.39, 0.29) is 24.9 Å². The van der Waals surface area contributed by atoms with Crippen LogP contribution in [0.5, 0.6) is 0 Å². The lowest BCUT2D eigenvalue weighted by atomic mass is 9.98. The summed E-state index contributed by atoms with van der Waals surface area (Å²) in [6, 6.07) is 7.45. The molecule has 1 aromatic carbocycles. The van der Waals surface area contributed by atoms with Crippen LogP contribution in [-0.2, 0) is 15.3 Å². The molecule has 1 atom stereocenters. The number of piperidine rings is 1. The second kappa shape index (κ2) is 9.62. The van der Waals surface area contributed by atoms with Crippen molar-refractivity contribution in [2.45, 2.75) is 25.5 Å². The monoisotopic (exact) mass is 378 g/mol. The zero-order chi connectivity index (χ0) is 19.1. The number of amides is 2. The maximum atomic E-state index is 12.5. The molecule has 6 nitrogen and oxygen atoms in total. The van der Waals surface area contributed by atoms with Crippen LogP contribution in [0.2, 0.25) is 0 Å². The lowest BCUT2D eigenvalue weighted by Gasteiger charge is -2.32. The number of carboxylic acid groups (broad SMARTS) is 1. The van der Waals surface area contributed by atoms with E-state index in [9.17, 15) is 14.4 Å². The Morgan fingerprint density at radius 2 is 1.96 bits per heavy atom. The second-order valence-corrected chi connectivity index (χ2v) is 7.79. The molecule has 1 aromatic rings. The molecule has 1 aliphatic heterocycles. The highest BCUT2D eigenvalue weighted by molar-refractivity contribution is 7.98. The zero-order valence-electron chi connectivity index (χ0n) is 15.3. The van der Waals surface area contributed by atoms with Crippen LogP contribution >= 0.6 is 11.8 Å². The van der Waals surface area contributed by atoms with Gasteiger partial charge in [-0.3, -0.25) is 14.4 Å². The molecule has 1 aliphatic rings. The van der Waals surface area contributed by atoms with Gasteiger partial charge in [-0.2, -0.15) is 11.8 Å². The Morgan fingerprint density at radius 1 is 1.27 bits per heavy atom. The number of rotatable bonds is 7. The van der Waals surface area contributed by atoms with Gasteiger partial charge in [0.25, 0.3) is 5.91 Å². The molecule has 1 fully saturated rings. The molecular weight excluding hydrogens is 352 g/mol. The molecule has 1 saturated heterocycles. The Labute approximate surface area is 158 Å². The second-order valence-electron chi connectivity index (χ2n) is 6.51. The minimum Gasteiger partial charge on any atom is -0.481 e. The van der Waals surface area contributed by atoms with Gasteiger partial charge >= 0.3 is 5.97 Å². The molecule has 0 saturated carbocycles. The molecule has 0 bridgehead atoms. The highest BCUT2D eigenvalue weighted by Crippen LogP contribution is 2.17. The first kappa shape index (κ1) is 20.3. The average Bonchev–Trinajstić information content (AvgIpc) is 2.66. The molecule has 1 unspecified atom stereocenters. The van der Waals surface area contributed by atoms with Crippen LogP contribution in [0, 0.1) is 5.92 Å². The van der Waals surface area contributed by atoms with Crippen LogP contribution in [0.25, 0.3) is 0 Å². The minimum absolute atomic E-state index is 0.0430. The Morgan fingerprint density at radius 3 is 2.58 bits per heavy atom. The number of hydrogen-bond donors (Lipinski definition) is 1. The fourth-order valence-corrected chi connectivity index (χ4v) is 3.60. The highest BCUT2D eigenvalue weighted by Gasteiger charge is 2.29. The molecule has 2 rings (SSSR count). The van der Waals surface area contributed by atoms with Crippen LogP contribution in [0.3, 0.4) is 0 Å². The van der Waals surface area contributed by atoms with Crippen molar-refractivity contribution in [1.82, 2.24) is 9.80 Å². The smallest absolute Gasteiger partial charge is 0.308 e. The summed E-state index contributed by atoms with van der Waals surface area (Å²) in [5.74, 6) is 0.169. The van der Waals surface area contributed by atoms with E-state index in [1.165, 1.54) is 10.5 Å². The molecule has 0 radical (unpaired) electrons. The number of likely N-dealkylation sites (N-methyl/N-ethyl adjacent to an activating group) is 1. The molecule has 0 aromatic heterocycles. The maximum absolute atomic E-state index is 12.5. The van der Waals surface area contributed by atoms with E-state index in [1.807, 2.05) is 23.9 Å². The number of thioether (sulfide) groups is 1. The van der Waals surface area contributed by atoms with Gasteiger partial charge in [-0.25, -0.2) is 0 Å². The maximum Gasteiger partial charge on any atom is 0.308 e. The molecule has 2 amide bonds. The summed E-state index contributed by atoms with van der Waals surface area (Å²) in [7, 11) is 1.60. The Balaban J connectivity index is 1.91. The lowest BCUT2D eigenvalue weighted by Crippen LogP contribution is -2.46. The number of aliphatic carboxylic acids is 1. The SMILES string of the molecule is CCSCc1ccc(C(=O)N(C)CC(=O)N2CCCC(C(=O)O)C2)cc1. The topological polar surface area (TPSA) is 77.9 Å². The van der Waals surface area contributed by atoms with E-state index in [0.29, 0.717) is 24.9 Å². The first-order chi connectivity index (χ1) is 12.4. The molecule has 0 aliphatic carbocycles. The van der Waals surface area contributed by atoms with Crippen molar-refractivity contribution in [2.24, 2.45) is 5.92 Å². The van der Waals surface area contributed by atoms with Gasteiger partial charge in [0.15, 0.2) is 0 Å². The number of carbonyl (C=O) groups excluding carboxylic acids is 2. The summed E-state index contributed by atoms with van der Waals surface area (Å²) in [5.41, 5.74) is 1.72. The number of carboxylic acids is 1. The summed E-state index contributed by atoms with van der Waals surface area (Å²) in [5, 5.41) is 9.13. The van der Waals surface area contributed by atoms with E-state index in [2.05, 4.69) is 6.92 Å². The third kappa shape index (κ3) is 5.49. The standard InChI is InChI=1S/C19H26N2O4S/c1-3-26-13-14-6-8-15(9-7-14)18(23)20(2)12-17(22)21-10-4-5-16(11-21)19(24)25/h6-9,16H,3-5,10-13H2,1-2H3,(H,24,25). The summed E-state index contributed by atoms with van der Waals surface area (Å²) in [6.45, 7) is 2.84. The van der Waals surface area contributed by atoms with Crippen LogP contribution in [0.1, 0.15) is 35.7 Å². The van der Waals surface area contributed by atoms with Crippen LogP contribution in [-0.4, -0.2) is 65.1 Å². The molecule has 7 heteroatoms. The Hall–Kier alpha value is -2.02. The van der Waals surface area contributed by atoms with Gasteiger partial charge in [0.05, 0.1) is 12.5 Å². The van der Waals surface area contributed by atoms with Gasteiger partial charge < -0.3 is 14.9 Å². The van der Waals surface area contributed by atoms with Crippen molar-refractivity contribution in [3.05, 3.63) is 35.4 Å². The number of carbonyl (C=O) groups is 3. The van der Waals surface area contributed by atoms with Gasteiger partial charge in [0.1, 0.15) is 0 Å². The minimum atomic E-state index is -0.867. The molecule has 142 valence electrons. The zero-order valence-corrected chi connectivity index (χ0v) is 16.1. The van der Waals surface area contributed by atoms with Crippen molar-refractivity contribution >= 4 is 29.5 Å². The number of nitrogens with zero attached hydrogens (tertiary/aromatic N) is 2. The first-order valence-electron chi connectivity index (χ1n) is 8.85. The van der Waals surface area contributed by atoms with Crippen molar-refractivity contribution < 1.29 is 19.5 Å². The van der Waals surface area contributed by atoms with Crippen molar-refractivity contribution in [3.63, 3.8) is 0 Å². The number of likely N-dealkylation sites (tertiary alicyclic amines) is 1. The first-order valence-corrected chi connectivity index (χ1v) is 10.0.